The van der Waals surface area contributed by atoms with Gasteiger partial charge in [0.05, 0.1) is 5.69 Å². The summed E-state index contributed by atoms with van der Waals surface area (Å²) in [5.41, 5.74) is 1.79. The van der Waals surface area contributed by atoms with Crippen LogP contribution in [-0.2, 0) is 6.42 Å². The highest BCUT2D eigenvalue weighted by Crippen LogP contribution is 2.32. The van der Waals surface area contributed by atoms with Gasteiger partial charge >= 0.3 is 0 Å². The minimum Gasteiger partial charge on any atom is -0.330 e. The fourth-order valence-corrected chi connectivity index (χ4v) is 3.18. The number of anilines is 2. The molecule has 0 fully saturated rings. The average Bonchev–Trinajstić information content (AvgIpc) is 2.50. The van der Waals surface area contributed by atoms with Crippen molar-refractivity contribution in [3.05, 3.63) is 59.4 Å². The third kappa shape index (κ3) is 3.17. The molecule has 0 spiro atoms. The Bertz CT molecular complexity index is 763. The number of rotatable bonds is 1. The van der Waals surface area contributed by atoms with E-state index in [0.29, 0.717) is 5.11 Å². The van der Waals surface area contributed by atoms with E-state index in [2.05, 4.69) is 5.32 Å². The molecule has 1 unspecified atom stereocenters. The Morgan fingerprint density at radius 2 is 1.83 bits per heavy atom. The lowest BCUT2D eigenvalue weighted by atomic mass is 9.97. The molecule has 1 heterocycles. The Hall–Kier alpha value is -2.08. The van der Waals surface area contributed by atoms with Gasteiger partial charge in [0.15, 0.2) is 5.11 Å². The molecule has 1 atom stereocenters. The van der Waals surface area contributed by atoms with Gasteiger partial charge in [-0.15, -0.1) is 0 Å². The maximum atomic E-state index is 13.8. The van der Waals surface area contributed by atoms with Crippen molar-refractivity contribution in [1.29, 1.82) is 0 Å². The fourth-order valence-electron chi connectivity index (χ4n) is 2.80. The first kappa shape index (κ1) is 15.8. The van der Waals surface area contributed by atoms with Crippen molar-refractivity contribution in [2.24, 2.45) is 0 Å². The van der Waals surface area contributed by atoms with E-state index in [1.807, 2.05) is 11.8 Å². The van der Waals surface area contributed by atoms with Crippen LogP contribution in [0, 0.1) is 17.5 Å². The van der Waals surface area contributed by atoms with Crippen molar-refractivity contribution < 1.29 is 13.2 Å². The Morgan fingerprint density at radius 1 is 1.13 bits per heavy atom. The number of nitrogens with zero attached hydrogens (tertiary/aromatic N) is 1. The minimum atomic E-state index is -0.712. The number of halogens is 3. The molecule has 6 heteroatoms. The first-order valence-electron chi connectivity index (χ1n) is 7.29. The summed E-state index contributed by atoms with van der Waals surface area (Å²) in [6, 6.07) is 7.91. The number of hydrogen-bond acceptors (Lipinski definition) is 1. The second kappa shape index (κ2) is 6.20. The molecule has 1 N–H and O–H groups in total. The Labute approximate surface area is 137 Å². The van der Waals surface area contributed by atoms with Gasteiger partial charge in [0.25, 0.3) is 0 Å². The summed E-state index contributed by atoms with van der Waals surface area (Å²) in [6.07, 6.45) is 1.57. The molecule has 1 aliphatic rings. The highest BCUT2D eigenvalue weighted by molar-refractivity contribution is 7.80. The van der Waals surface area contributed by atoms with Crippen molar-refractivity contribution in [2.75, 3.05) is 10.2 Å². The van der Waals surface area contributed by atoms with Crippen LogP contribution in [0.4, 0.5) is 24.5 Å². The summed E-state index contributed by atoms with van der Waals surface area (Å²) in [4.78, 5) is 1.84. The van der Waals surface area contributed by atoms with Crippen LogP contribution in [0.2, 0.25) is 0 Å². The van der Waals surface area contributed by atoms with Gasteiger partial charge in [-0.25, -0.2) is 13.2 Å². The number of hydrogen-bond donors (Lipinski definition) is 1. The van der Waals surface area contributed by atoms with Crippen LogP contribution in [0.3, 0.4) is 0 Å². The van der Waals surface area contributed by atoms with Crippen LogP contribution in [0.1, 0.15) is 18.9 Å². The van der Waals surface area contributed by atoms with E-state index in [-0.39, 0.29) is 17.5 Å². The van der Waals surface area contributed by atoms with Crippen molar-refractivity contribution >= 4 is 28.7 Å². The molecule has 2 aromatic rings. The van der Waals surface area contributed by atoms with E-state index in [9.17, 15) is 13.2 Å². The van der Waals surface area contributed by atoms with E-state index in [1.54, 1.807) is 6.07 Å². The van der Waals surface area contributed by atoms with Crippen LogP contribution in [-0.4, -0.2) is 11.2 Å². The fraction of sp³-hybridized carbons (Fsp3) is 0.235. The van der Waals surface area contributed by atoms with Gasteiger partial charge in [0.2, 0.25) is 0 Å². The van der Waals surface area contributed by atoms with Gasteiger partial charge in [-0.2, -0.15) is 0 Å². The zero-order valence-electron chi connectivity index (χ0n) is 12.4. The molecule has 0 amide bonds. The van der Waals surface area contributed by atoms with E-state index in [1.165, 1.54) is 18.2 Å². The Morgan fingerprint density at radius 3 is 2.57 bits per heavy atom. The lowest BCUT2D eigenvalue weighted by Crippen LogP contribution is -2.44. The summed E-state index contributed by atoms with van der Waals surface area (Å²) in [5.74, 6) is -1.65. The first-order chi connectivity index (χ1) is 11.0. The summed E-state index contributed by atoms with van der Waals surface area (Å²) in [5, 5.41) is 3.12. The van der Waals surface area contributed by atoms with Crippen LogP contribution in [0.25, 0.3) is 0 Å². The summed E-state index contributed by atoms with van der Waals surface area (Å²) >= 11 is 5.40. The van der Waals surface area contributed by atoms with Gasteiger partial charge in [-0.3, -0.25) is 0 Å². The second-order valence-corrected chi connectivity index (χ2v) is 5.97. The standard InChI is InChI=1S/C17H15F3N2S/c1-10-2-3-11-8-12(18)5-7-16(11)22(10)17(23)21-15-6-4-13(19)9-14(15)20/h4-10H,2-3H2,1H3,(H,21,23). The summed E-state index contributed by atoms with van der Waals surface area (Å²) in [6.45, 7) is 2.00. The lowest BCUT2D eigenvalue weighted by molar-refractivity contribution is 0.586. The molecular weight excluding hydrogens is 321 g/mol. The zero-order valence-corrected chi connectivity index (χ0v) is 13.3. The lowest BCUT2D eigenvalue weighted by Gasteiger charge is -2.37. The van der Waals surface area contributed by atoms with Crippen LogP contribution in [0.5, 0.6) is 0 Å². The van der Waals surface area contributed by atoms with Gasteiger partial charge in [-0.1, -0.05) is 0 Å². The highest BCUT2D eigenvalue weighted by Gasteiger charge is 2.26. The predicted molar refractivity (Wildman–Crippen MR) is 89.2 cm³/mol. The number of aryl methyl sites for hydroxylation is 1. The Balaban J connectivity index is 1.90. The number of fused-ring (bicyclic) bond motifs is 1. The minimum absolute atomic E-state index is 0.0940. The van der Waals surface area contributed by atoms with Gasteiger partial charge in [-0.05, 0) is 67.9 Å². The molecule has 1 aliphatic heterocycles. The van der Waals surface area contributed by atoms with E-state index >= 15 is 0 Å². The molecule has 0 aromatic heterocycles. The molecular formula is C17H15F3N2S. The van der Waals surface area contributed by atoms with Crippen LogP contribution >= 0.6 is 12.2 Å². The van der Waals surface area contributed by atoms with Crippen molar-refractivity contribution in [2.45, 2.75) is 25.8 Å². The van der Waals surface area contributed by atoms with Crippen molar-refractivity contribution in [3.63, 3.8) is 0 Å². The van der Waals surface area contributed by atoms with Gasteiger partial charge < -0.3 is 10.2 Å². The molecule has 0 saturated carbocycles. The SMILES string of the molecule is CC1CCc2cc(F)ccc2N1C(=S)Nc1ccc(F)cc1F. The van der Waals surface area contributed by atoms with E-state index < -0.39 is 11.6 Å². The molecule has 3 rings (SSSR count). The third-order valence-electron chi connectivity index (χ3n) is 3.96. The molecule has 0 aliphatic carbocycles. The number of thiocarbonyl (C=S) groups is 1. The normalized spacial score (nSPS) is 16.9. The first-order valence-corrected chi connectivity index (χ1v) is 7.70. The predicted octanol–water partition coefficient (Wildman–Crippen LogP) is 4.64. The zero-order chi connectivity index (χ0) is 16.6. The molecule has 0 radical (unpaired) electrons. The van der Waals surface area contributed by atoms with E-state index in [0.717, 1.165) is 36.2 Å². The molecule has 23 heavy (non-hydrogen) atoms. The molecule has 2 aromatic carbocycles. The molecule has 120 valence electrons. The van der Waals surface area contributed by atoms with Gasteiger partial charge in [0.1, 0.15) is 17.5 Å². The molecule has 0 saturated heterocycles. The van der Waals surface area contributed by atoms with Crippen molar-refractivity contribution in [1.82, 2.24) is 0 Å². The average molecular weight is 336 g/mol. The monoisotopic (exact) mass is 336 g/mol. The molecule has 2 nitrogen and oxygen atoms in total. The van der Waals surface area contributed by atoms with Crippen molar-refractivity contribution in [3.8, 4) is 0 Å². The smallest absolute Gasteiger partial charge is 0.178 e. The number of nitrogens with one attached hydrogen (secondary N) is 1. The molecule has 0 bridgehead atoms. The highest BCUT2D eigenvalue weighted by atomic mass is 32.1. The van der Waals surface area contributed by atoms with Crippen LogP contribution in [0.15, 0.2) is 36.4 Å². The summed E-state index contributed by atoms with van der Waals surface area (Å²) < 4.78 is 40.2. The largest absolute Gasteiger partial charge is 0.330 e. The number of benzene rings is 2. The topological polar surface area (TPSA) is 15.3 Å². The second-order valence-electron chi connectivity index (χ2n) is 5.59. The van der Waals surface area contributed by atoms with Gasteiger partial charge in [0, 0.05) is 17.8 Å². The Kier molecular flexibility index (Phi) is 4.26. The van der Waals surface area contributed by atoms with E-state index in [4.69, 9.17) is 12.2 Å². The quantitative estimate of drug-likeness (QED) is 0.764. The third-order valence-corrected chi connectivity index (χ3v) is 4.26. The maximum absolute atomic E-state index is 13.8. The summed E-state index contributed by atoms with van der Waals surface area (Å²) in [7, 11) is 0. The van der Waals surface area contributed by atoms with Crippen LogP contribution < -0.4 is 10.2 Å². The maximum Gasteiger partial charge on any atom is 0.178 e.